The average Bonchev–Trinajstić information content (AvgIpc) is 2.48. The van der Waals surface area contributed by atoms with Crippen LogP contribution in [-0.2, 0) is 11.2 Å². The Bertz CT molecular complexity index is 424. The maximum absolute atomic E-state index is 13.8. The minimum atomic E-state index is -0.479. The Balaban J connectivity index is 2.23. The van der Waals surface area contributed by atoms with Crippen LogP contribution in [0.4, 0.5) is 8.78 Å². The second-order valence-corrected chi connectivity index (χ2v) is 5.58. The van der Waals surface area contributed by atoms with Crippen molar-refractivity contribution in [2.75, 3.05) is 14.2 Å². The van der Waals surface area contributed by atoms with E-state index in [0.717, 1.165) is 25.7 Å². The second kappa shape index (κ2) is 6.64. The van der Waals surface area contributed by atoms with Gasteiger partial charge in [0.2, 0.25) is 0 Å². The summed E-state index contributed by atoms with van der Waals surface area (Å²) in [4.78, 5) is 0. The fourth-order valence-electron chi connectivity index (χ4n) is 3.33. The van der Waals surface area contributed by atoms with Crippen LogP contribution in [0.2, 0.25) is 0 Å². The van der Waals surface area contributed by atoms with Crippen LogP contribution in [-0.4, -0.2) is 25.8 Å². The van der Waals surface area contributed by atoms with E-state index in [4.69, 9.17) is 4.74 Å². The molecule has 2 nitrogen and oxygen atoms in total. The molecule has 2 rings (SSSR count). The van der Waals surface area contributed by atoms with Gasteiger partial charge in [0.25, 0.3) is 0 Å². The number of rotatable bonds is 5. The summed E-state index contributed by atoms with van der Waals surface area (Å²) in [7, 11) is 3.53. The molecular weight excluding hydrogens is 260 g/mol. The predicted octanol–water partition coefficient (Wildman–Crippen LogP) is 3.44. The summed E-state index contributed by atoms with van der Waals surface area (Å²) in [5, 5.41) is 3.21. The maximum atomic E-state index is 13.8. The van der Waals surface area contributed by atoms with Gasteiger partial charge in [-0.15, -0.1) is 0 Å². The summed E-state index contributed by atoms with van der Waals surface area (Å²) in [6.07, 6.45) is 5.59. The molecule has 20 heavy (non-hydrogen) atoms. The highest BCUT2D eigenvalue weighted by atomic mass is 19.1. The molecule has 1 unspecified atom stereocenters. The normalized spacial score (nSPS) is 19.8. The van der Waals surface area contributed by atoms with Crippen LogP contribution in [0.5, 0.6) is 0 Å². The fourth-order valence-corrected chi connectivity index (χ4v) is 3.33. The van der Waals surface area contributed by atoms with Gasteiger partial charge < -0.3 is 10.1 Å². The Kier molecular flexibility index (Phi) is 5.11. The van der Waals surface area contributed by atoms with Gasteiger partial charge in [-0.25, -0.2) is 8.78 Å². The molecule has 0 aliphatic heterocycles. The number of hydrogen-bond donors (Lipinski definition) is 1. The van der Waals surface area contributed by atoms with E-state index in [2.05, 4.69) is 5.32 Å². The van der Waals surface area contributed by atoms with Gasteiger partial charge in [-0.2, -0.15) is 0 Å². The lowest BCUT2D eigenvalue weighted by molar-refractivity contribution is -0.0659. The molecule has 1 aliphatic carbocycles. The van der Waals surface area contributed by atoms with Crippen molar-refractivity contribution in [1.29, 1.82) is 0 Å². The predicted molar refractivity (Wildman–Crippen MR) is 75.7 cm³/mol. The molecular formula is C16H23F2NO. The Morgan fingerprint density at radius 2 is 1.80 bits per heavy atom. The molecule has 1 fully saturated rings. The largest absolute Gasteiger partial charge is 0.377 e. The van der Waals surface area contributed by atoms with E-state index in [9.17, 15) is 8.78 Å². The number of halogens is 2. The van der Waals surface area contributed by atoms with Crippen LogP contribution in [0.3, 0.4) is 0 Å². The molecule has 0 bridgehead atoms. The average molecular weight is 283 g/mol. The molecule has 1 saturated carbocycles. The Morgan fingerprint density at radius 3 is 2.30 bits per heavy atom. The van der Waals surface area contributed by atoms with Gasteiger partial charge >= 0.3 is 0 Å². The topological polar surface area (TPSA) is 21.3 Å². The molecule has 1 aromatic carbocycles. The quantitative estimate of drug-likeness (QED) is 0.893. The molecule has 1 atom stereocenters. The highest BCUT2D eigenvalue weighted by Crippen LogP contribution is 2.35. The fraction of sp³-hybridized carbons (Fsp3) is 0.625. The van der Waals surface area contributed by atoms with E-state index >= 15 is 0 Å². The van der Waals surface area contributed by atoms with Crippen molar-refractivity contribution in [2.45, 2.75) is 50.2 Å². The molecule has 0 radical (unpaired) electrons. The van der Waals surface area contributed by atoms with Crippen LogP contribution in [0.1, 0.15) is 37.7 Å². The van der Waals surface area contributed by atoms with Gasteiger partial charge in [-0.3, -0.25) is 0 Å². The van der Waals surface area contributed by atoms with Crippen LogP contribution < -0.4 is 5.32 Å². The monoisotopic (exact) mass is 283 g/mol. The zero-order chi connectivity index (χ0) is 14.6. The second-order valence-electron chi connectivity index (χ2n) is 5.58. The molecule has 1 N–H and O–H groups in total. The highest BCUT2D eigenvalue weighted by Gasteiger charge is 2.39. The van der Waals surface area contributed by atoms with Crippen LogP contribution >= 0.6 is 0 Å². The summed E-state index contributed by atoms with van der Waals surface area (Å²) in [6, 6.07) is 3.94. The first-order chi connectivity index (χ1) is 9.63. The number of methoxy groups -OCH3 is 1. The van der Waals surface area contributed by atoms with Crippen molar-refractivity contribution >= 4 is 0 Å². The van der Waals surface area contributed by atoms with Crippen LogP contribution in [0.15, 0.2) is 18.2 Å². The zero-order valence-corrected chi connectivity index (χ0v) is 12.2. The van der Waals surface area contributed by atoms with E-state index in [-0.39, 0.29) is 17.2 Å². The molecule has 4 heteroatoms. The number of likely N-dealkylation sites (N-methyl/N-ethyl adjacent to an activating group) is 1. The molecule has 0 spiro atoms. The summed E-state index contributed by atoms with van der Waals surface area (Å²) in [5.41, 5.74) is -0.171. The van der Waals surface area contributed by atoms with Crippen molar-refractivity contribution in [3.8, 4) is 0 Å². The van der Waals surface area contributed by atoms with Gasteiger partial charge in [-0.1, -0.05) is 25.3 Å². The Morgan fingerprint density at radius 1 is 1.20 bits per heavy atom. The van der Waals surface area contributed by atoms with Crippen molar-refractivity contribution < 1.29 is 13.5 Å². The minimum Gasteiger partial charge on any atom is -0.377 e. The third-order valence-electron chi connectivity index (χ3n) is 4.56. The number of ether oxygens (including phenoxy) is 1. The van der Waals surface area contributed by atoms with E-state index in [0.29, 0.717) is 6.42 Å². The minimum absolute atomic E-state index is 0.0841. The van der Waals surface area contributed by atoms with Crippen molar-refractivity contribution in [2.24, 2.45) is 0 Å². The van der Waals surface area contributed by atoms with Gasteiger partial charge in [-0.05, 0) is 38.4 Å². The summed E-state index contributed by atoms with van der Waals surface area (Å²) >= 11 is 0. The van der Waals surface area contributed by atoms with Crippen molar-refractivity contribution in [3.63, 3.8) is 0 Å². The smallest absolute Gasteiger partial charge is 0.129 e. The lowest BCUT2D eigenvalue weighted by Crippen LogP contribution is -2.53. The highest BCUT2D eigenvalue weighted by molar-refractivity contribution is 5.22. The molecule has 0 heterocycles. The number of benzene rings is 1. The van der Waals surface area contributed by atoms with Gasteiger partial charge in [0, 0.05) is 18.7 Å². The Hall–Kier alpha value is -1.00. The summed E-state index contributed by atoms with van der Waals surface area (Å²) in [5.74, 6) is -0.959. The first-order valence-electron chi connectivity index (χ1n) is 7.28. The van der Waals surface area contributed by atoms with E-state index in [1.54, 1.807) is 7.11 Å². The van der Waals surface area contributed by atoms with Gasteiger partial charge in [0.05, 0.1) is 5.60 Å². The third kappa shape index (κ3) is 3.01. The number of nitrogens with one attached hydrogen (secondary N) is 1. The van der Waals surface area contributed by atoms with Gasteiger partial charge in [0.1, 0.15) is 11.6 Å². The zero-order valence-electron chi connectivity index (χ0n) is 12.2. The Labute approximate surface area is 119 Å². The number of hydrogen-bond acceptors (Lipinski definition) is 2. The summed E-state index contributed by atoms with van der Waals surface area (Å²) < 4.78 is 33.4. The van der Waals surface area contributed by atoms with Crippen molar-refractivity contribution in [1.82, 2.24) is 5.32 Å². The first-order valence-corrected chi connectivity index (χ1v) is 7.28. The molecule has 0 amide bonds. The van der Waals surface area contributed by atoms with E-state index in [1.807, 2.05) is 7.05 Å². The van der Waals surface area contributed by atoms with Gasteiger partial charge in [0.15, 0.2) is 0 Å². The third-order valence-corrected chi connectivity index (χ3v) is 4.56. The molecule has 0 saturated heterocycles. The van der Waals surface area contributed by atoms with E-state index < -0.39 is 11.6 Å². The standard InChI is InChI=1S/C16H23F2NO/c1-19-15(16(20-2)9-4-3-5-10-16)11-12-13(17)7-6-8-14(12)18/h6-8,15,19H,3-5,9-11H2,1-2H3. The lowest BCUT2D eigenvalue weighted by Gasteiger charge is -2.42. The molecule has 1 aromatic rings. The SMILES string of the molecule is CNC(Cc1c(F)cccc1F)C1(OC)CCCCC1. The first kappa shape index (κ1) is 15.4. The lowest BCUT2D eigenvalue weighted by atomic mass is 9.77. The molecule has 1 aliphatic rings. The molecule has 112 valence electrons. The van der Waals surface area contributed by atoms with Crippen molar-refractivity contribution in [3.05, 3.63) is 35.4 Å². The van der Waals surface area contributed by atoms with Crippen LogP contribution in [0.25, 0.3) is 0 Å². The molecule has 0 aromatic heterocycles. The van der Waals surface area contributed by atoms with E-state index in [1.165, 1.54) is 24.6 Å². The summed E-state index contributed by atoms with van der Waals surface area (Å²) in [6.45, 7) is 0. The maximum Gasteiger partial charge on any atom is 0.129 e. The van der Waals surface area contributed by atoms with Crippen LogP contribution in [0, 0.1) is 11.6 Å².